The molecule has 0 aliphatic heterocycles. The number of aromatic amines is 1. The molecule has 0 spiro atoms. The van der Waals surface area contributed by atoms with Gasteiger partial charge < -0.3 is 29.9 Å². The van der Waals surface area contributed by atoms with E-state index in [-0.39, 0.29) is 6.10 Å². The van der Waals surface area contributed by atoms with E-state index < -0.39 is 12.2 Å². The van der Waals surface area contributed by atoms with Crippen molar-refractivity contribution in [2.24, 2.45) is 0 Å². The number of rotatable bonds is 9. The smallest absolute Gasteiger partial charge is 0.339 e. The van der Waals surface area contributed by atoms with E-state index in [9.17, 15) is 9.90 Å². The Bertz CT molecular complexity index is 1710. The SMILES string of the molecule is C=CC(O)Nc1cccc2c1c1cc(N(C)CCN(C)C)ccc1c1[nH]c3ncc(C(=O)OC(C)C)cc3c21. The molecule has 5 rings (SSSR count). The highest BCUT2D eigenvalue weighted by molar-refractivity contribution is 6.33. The van der Waals surface area contributed by atoms with Crippen LogP contribution >= 0.6 is 0 Å². The van der Waals surface area contributed by atoms with E-state index >= 15 is 0 Å². The summed E-state index contributed by atoms with van der Waals surface area (Å²) in [5.41, 5.74) is 3.92. The highest BCUT2D eigenvalue weighted by atomic mass is 16.5. The Labute approximate surface area is 227 Å². The highest BCUT2D eigenvalue weighted by Gasteiger charge is 2.20. The number of carbonyl (C=O) groups is 1. The Kier molecular flexibility index (Phi) is 7.16. The summed E-state index contributed by atoms with van der Waals surface area (Å²) >= 11 is 0. The van der Waals surface area contributed by atoms with E-state index in [0.717, 1.165) is 62.3 Å². The quantitative estimate of drug-likeness (QED) is 0.101. The van der Waals surface area contributed by atoms with Crippen molar-refractivity contribution in [1.29, 1.82) is 0 Å². The van der Waals surface area contributed by atoms with Crippen molar-refractivity contribution in [1.82, 2.24) is 14.9 Å². The number of pyridine rings is 1. The van der Waals surface area contributed by atoms with Crippen LogP contribution < -0.4 is 10.2 Å². The number of aliphatic hydroxyl groups excluding tert-OH is 1. The maximum Gasteiger partial charge on any atom is 0.339 e. The van der Waals surface area contributed by atoms with Crippen LogP contribution in [0, 0.1) is 0 Å². The van der Waals surface area contributed by atoms with Gasteiger partial charge in [0, 0.05) is 59.3 Å². The number of benzene rings is 3. The number of anilines is 2. The monoisotopic (exact) mass is 525 g/mol. The van der Waals surface area contributed by atoms with E-state index in [2.05, 4.69) is 77.1 Å². The lowest BCUT2D eigenvalue weighted by molar-refractivity contribution is 0.0377. The van der Waals surface area contributed by atoms with Crippen LogP contribution in [0.2, 0.25) is 0 Å². The molecule has 0 aliphatic rings. The molecule has 39 heavy (non-hydrogen) atoms. The first-order valence-corrected chi connectivity index (χ1v) is 13.1. The zero-order valence-corrected chi connectivity index (χ0v) is 23.1. The molecule has 3 aromatic carbocycles. The van der Waals surface area contributed by atoms with Crippen LogP contribution in [0.5, 0.6) is 0 Å². The van der Waals surface area contributed by atoms with Gasteiger partial charge in [-0.25, -0.2) is 9.78 Å². The molecular formula is C31H35N5O3. The summed E-state index contributed by atoms with van der Waals surface area (Å²) in [6.45, 7) is 9.19. The van der Waals surface area contributed by atoms with Gasteiger partial charge in [0.1, 0.15) is 11.9 Å². The molecule has 3 N–H and O–H groups in total. The Morgan fingerprint density at radius 1 is 1.08 bits per heavy atom. The largest absolute Gasteiger partial charge is 0.459 e. The first kappa shape index (κ1) is 26.5. The Balaban J connectivity index is 1.82. The molecule has 1 unspecified atom stereocenters. The normalized spacial score (nSPS) is 12.6. The molecule has 1 atom stereocenters. The number of carbonyl (C=O) groups excluding carboxylic acids is 1. The average Bonchev–Trinajstić information content (AvgIpc) is 3.30. The van der Waals surface area contributed by atoms with Crippen LogP contribution in [0.3, 0.4) is 0 Å². The molecule has 202 valence electrons. The predicted molar refractivity (Wildman–Crippen MR) is 161 cm³/mol. The minimum absolute atomic E-state index is 0.226. The van der Waals surface area contributed by atoms with Crippen LogP contribution in [-0.4, -0.2) is 72.5 Å². The van der Waals surface area contributed by atoms with Gasteiger partial charge in [0.15, 0.2) is 0 Å². The van der Waals surface area contributed by atoms with E-state index in [1.165, 1.54) is 6.08 Å². The number of hydrogen-bond acceptors (Lipinski definition) is 7. The number of likely N-dealkylation sites (N-methyl/N-ethyl adjacent to an activating group) is 2. The molecule has 0 amide bonds. The molecule has 2 aromatic heterocycles. The summed E-state index contributed by atoms with van der Waals surface area (Å²) in [7, 11) is 6.23. The Morgan fingerprint density at radius 3 is 2.59 bits per heavy atom. The number of aromatic nitrogens is 2. The maximum absolute atomic E-state index is 12.7. The molecule has 0 bridgehead atoms. The maximum atomic E-state index is 12.7. The van der Waals surface area contributed by atoms with E-state index in [0.29, 0.717) is 11.2 Å². The predicted octanol–water partition coefficient (Wildman–Crippen LogP) is 5.50. The highest BCUT2D eigenvalue weighted by Crippen LogP contribution is 2.42. The number of ether oxygens (including phenoxy) is 1. The molecule has 0 aliphatic carbocycles. The lowest BCUT2D eigenvalue weighted by Crippen LogP contribution is -2.28. The number of hydrogen-bond donors (Lipinski definition) is 3. The van der Waals surface area contributed by atoms with Crippen molar-refractivity contribution in [3.05, 3.63) is 66.9 Å². The summed E-state index contributed by atoms with van der Waals surface area (Å²) in [4.78, 5) is 25.2. The minimum Gasteiger partial charge on any atom is -0.459 e. The lowest BCUT2D eigenvalue weighted by Gasteiger charge is -2.23. The van der Waals surface area contributed by atoms with Crippen LogP contribution in [0.25, 0.3) is 43.5 Å². The van der Waals surface area contributed by atoms with Crippen LogP contribution in [-0.2, 0) is 4.74 Å². The summed E-state index contributed by atoms with van der Waals surface area (Å²) < 4.78 is 5.43. The van der Waals surface area contributed by atoms with Gasteiger partial charge in [-0.2, -0.15) is 0 Å². The first-order valence-electron chi connectivity index (χ1n) is 13.1. The van der Waals surface area contributed by atoms with Gasteiger partial charge in [0.2, 0.25) is 0 Å². The molecule has 8 nitrogen and oxygen atoms in total. The number of H-pyrrole nitrogens is 1. The second kappa shape index (κ2) is 10.6. The van der Waals surface area contributed by atoms with Gasteiger partial charge in [-0.1, -0.05) is 24.8 Å². The second-order valence-corrected chi connectivity index (χ2v) is 10.5. The topological polar surface area (TPSA) is 93.7 Å². The van der Waals surface area contributed by atoms with Crippen LogP contribution in [0.1, 0.15) is 24.2 Å². The fourth-order valence-electron chi connectivity index (χ4n) is 5.01. The third kappa shape index (κ3) is 5.01. The van der Waals surface area contributed by atoms with Gasteiger partial charge in [-0.3, -0.25) is 0 Å². The number of nitrogens with one attached hydrogen (secondary N) is 2. The molecule has 8 heteroatoms. The molecular weight excluding hydrogens is 490 g/mol. The molecule has 5 aromatic rings. The average molecular weight is 526 g/mol. The Morgan fingerprint density at radius 2 is 1.87 bits per heavy atom. The summed E-state index contributed by atoms with van der Waals surface area (Å²) in [5, 5.41) is 19.4. The Hall–Kier alpha value is -4.14. The summed E-state index contributed by atoms with van der Waals surface area (Å²) in [6.07, 6.45) is 1.88. The molecule has 0 radical (unpaired) electrons. The van der Waals surface area contributed by atoms with Gasteiger partial charge in [-0.05, 0) is 69.1 Å². The second-order valence-electron chi connectivity index (χ2n) is 10.5. The number of fused-ring (bicyclic) bond motifs is 8. The molecule has 2 heterocycles. The van der Waals surface area contributed by atoms with E-state index in [1.54, 1.807) is 6.20 Å². The first-order chi connectivity index (χ1) is 18.7. The fourth-order valence-corrected chi connectivity index (χ4v) is 5.01. The summed E-state index contributed by atoms with van der Waals surface area (Å²) in [5.74, 6) is -0.402. The van der Waals surface area contributed by atoms with Gasteiger partial charge in [-0.15, -0.1) is 0 Å². The third-order valence-electron chi connectivity index (χ3n) is 6.95. The van der Waals surface area contributed by atoms with Crippen molar-refractivity contribution < 1.29 is 14.6 Å². The van der Waals surface area contributed by atoms with Crippen molar-refractivity contribution >= 4 is 60.8 Å². The zero-order valence-electron chi connectivity index (χ0n) is 23.1. The van der Waals surface area contributed by atoms with Gasteiger partial charge in [0.25, 0.3) is 0 Å². The lowest BCUT2D eigenvalue weighted by atomic mass is 9.95. The minimum atomic E-state index is -0.908. The van der Waals surface area contributed by atoms with Crippen LogP contribution in [0.4, 0.5) is 11.4 Å². The summed E-state index contributed by atoms with van der Waals surface area (Å²) in [6, 6.07) is 14.3. The number of aliphatic hydroxyl groups is 1. The van der Waals surface area contributed by atoms with Crippen LogP contribution in [0.15, 0.2) is 61.3 Å². The van der Waals surface area contributed by atoms with Crippen molar-refractivity contribution in [2.45, 2.75) is 26.2 Å². The molecule has 0 saturated heterocycles. The van der Waals surface area contributed by atoms with Gasteiger partial charge >= 0.3 is 5.97 Å². The molecule has 0 fully saturated rings. The number of esters is 1. The standard InChI is InChI=1S/C31H35N5O3/c1-7-26(37)33-25-10-8-9-22-27(25)23-16-20(36(6)14-13-35(4)5)11-12-21(23)29-28(22)24-15-19(17-32-30(24)34-29)31(38)39-18(2)3/h7-12,15-18,26,33,37H,1,13-14H2,2-6H3,(H,32,34). The number of nitrogens with zero attached hydrogens (tertiary/aromatic N) is 3. The zero-order chi connectivity index (χ0) is 27.8. The van der Waals surface area contributed by atoms with E-state index in [4.69, 9.17) is 4.74 Å². The fraction of sp³-hybridized carbons (Fsp3) is 0.290. The van der Waals surface area contributed by atoms with Crippen molar-refractivity contribution in [3.8, 4) is 0 Å². The molecule has 0 saturated carbocycles. The van der Waals surface area contributed by atoms with Crippen molar-refractivity contribution in [3.63, 3.8) is 0 Å². The van der Waals surface area contributed by atoms with Crippen molar-refractivity contribution in [2.75, 3.05) is 44.4 Å². The van der Waals surface area contributed by atoms with E-state index in [1.807, 2.05) is 32.0 Å². The van der Waals surface area contributed by atoms with Gasteiger partial charge in [0.05, 0.1) is 17.2 Å². The third-order valence-corrected chi connectivity index (χ3v) is 6.95.